The molecule has 0 radical (unpaired) electrons. The minimum atomic E-state index is -0.277. The normalized spacial score (nSPS) is 29.5. The maximum atomic E-state index is 13.1. The van der Waals surface area contributed by atoms with Crippen LogP contribution in [-0.4, -0.2) is 5.60 Å². The van der Waals surface area contributed by atoms with Gasteiger partial charge in [-0.15, -0.1) is 0 Å². The molecule has 2 N–H and O–H groups in total. The van der Waals surface area contributed by atoms with Crippen molar-refractivity contribution in [3.05, 3.63) is 29.6 Å². The van der Waals surface area contributed by atoms with Gasteiger partial charge in [-0.3, -0.25) is 0 Å². The SMILES string of the molecule is CCC1(C)C[C@H](N)c2ccc(F)cc2O1. The van der Waals surface area contributed by atoms with Crippen molar-refractivity contribution in [1.29, 1.82) is 0 Å². The van der Waals surface area contributed by atoms with Crippen molar-refractivity contribution in [3.8, 4) is 5.75 Å². The minimum Gasteiger partial charge on any atom is -0.487 e. The Kier molecular flexibility index (Phi) is 2.43. The van der Waals surface area contributed by atoms with E-state index in [0.29, 0.717) is 5.75 Å². The van der Waals surface area contributed by atoms with Crippen LogP contribution in [0, 0.1) is 5.82 Å². The van der Waals surface area contributed by atoms with Crippen LogP contribution < -0.4 is 10.5 Å². The lowest BCUT2D eigenvalue weighted by Gasteiger charge is -2.38. The highest BCUT2D eigenvalue weighted by atomic mass is 19.1. The van der Waals surface area contributed by atoms with Gasteiger partial charge in [-0.2, -0.15) is 0 Å². The van der Waals surface area contributed by atoms with Crippen molar-refractivity contribution >= 4 is 0 Å². The van der Waals surface area contributed by atoms with Gasteiger partial charge >= 0.3 is 0 Å². The molecule has 2 nitrogen and oxygen atoms in total. The predicted octanol–water partition coefficient (Wildman–Crippen LogP) is 2.78. The summed E-state index contributed by atoms with van der Waals surface area (Å²) < 4.78 is 18.9. The summed E-state index contributed by atoms with van der Waals surface area (Å²) >= 11 is 0. The fourth-order valence-corrected chi connectivity index (χ4v) is 2.00. The first-order valence-electron chi connectivity index (χ1n) is 5.28. The number of rotatable bonds is 1. The number of ether oxygens (including phenoxy) is 1. The van der Waals surface area contributed by atoms with Crippen LogP contribution in [0.1, 0.15) is 38.3 Å². The highest BCUT2D eigenvalue weighted by Crippen LogP contribution is 2.39. The number of nitrogens with two attached hydrogens (primary N) is 1. The lowest BCUT2D eigenvalue weighted by Crippen LogP contribution is -2.39. The molecule has 1 aliphatic rings. The zero-order valence-corrected chi connectivity index (χ0v) is 9.09. The molecule has 1 aromatic rings. The monoisotopic (exact) mass is 209 g/mol. The number of hydrogen-bond donors (Lipinski definition) is 1. The molecule has 82 valence electrons. The van der Waals surface area contributed by atoms with Crippen LogP contribution in [0.15, 0.2) is 18.2 Å². The van der Waals surface area contributed by atoms with Crippen molar-refractivity contribution in [3.63, 3.8) is 0 Å². The summed E-state index contributed by atoms with van der Waals surface area (Å²) in [6.07, 6.45) is 1.65. The van der Waals surface area contributed by atoms with E-state index in [4.69, 9.17) is 10.5 Å². The maximum absolute atomic E-state index is 13.1. The first-order chi connectivity index (χ1) is 7.04. The summed E-state index contributed by atoms with van der Waals surface area (Å²) in [5.74, 6) is 0.319. The Morgan fingerprint density at radius 3 is 3.00 bits per heavy atom. The Hall–Kier alpha value is -1.09. The molecule has 0 saturated heterocycles. The second-order valence-electron chi connectivity index (χ2n) is 4.40. The highest BCUT2D eigenvalue weighted by molar-refractivity contribution is 5.39. The van der Waals surface area contributed by atoms with E-state index in [1.54, 1.807) is 6.07 Å². The Morgan fingerprint density at radius 1 is 1.60 bits per heavy atom. The van der Waals surface area contributed by atoms with Gasteiger partial charge in [-0.1, -0.05) is 13.0 Å². The van der Waals surface area contributed by atoms with Crippen molar-refractivity contribution in [1.82, 2.24) is 0 Å². The molecule has 3 heteroatoms. The van der Waals surface area contributed by atoms with Crippen molar-refractivity contribution < 1.29 is 9.13 Å². The van der Waals surface area contributed by atoms with Gasteiger partial charge in [-0.05, 0) is 19.4 Å². The maximum Gasteiger partial charge on any atom is 0.127 e. The molecular weight excluding hydrogens is 193 g/mol. The molecule has 2 rings (SSSR count). The fourth-order valence-electron chi connectivity index (χ4n) is 2.00. The second kappa shape index (κ2) is 3.49. The van der Waals surface area contributed by atoms with Gasteiger partial charge in [0.25, 0.3) is 0 Å². The quantitative estimate of drug-likeness (QED) is 0.771. The molecule has 0 fully saturated rings. The van der Waals surface area contributed by atoms with E-state index in [0.717, 1.165) is 18.4 Å². The van der Waals surface area contributed by atoms with Crippen LogP contribution in [0.5, 0.6) is 5.75 Å². The van der Waals surface area contributed by atoms with Crippen LogP contribution in [0.2, 0.25) is 0 Å². The molecule has 0 spiro atoms. The molecular formula is C12H16FNO. The average Bonchev–Trinajstić information content (AvgIpc) is 2.16. The van der Waals surface area contributed by atoms with Crippen molar-refractivity contribution in [2.75, 3.05) is 0 Å². The first-order valence-corrected chi connectivity index (χ1v) is 5.28. The fraction of sp³-hybridized carbons (Fsp3) is 0.500. The van der Waals surface area contributed by atoms with Gasteiger partial charge in [0.05, 0.1) is 0 Å². The largest absolute Gasteiger partial charge is 0.487 e. The minimum absolute atomic E-state index is 0.0562. The zero-order chi connectivity index (χ0) is 11.1. The Labute approximate surface area is 89.2 Å². The molecule has 0 amide bonds. The average molecular weight is 209 g/mol. The molecule has 1 unspecified atom stereocenters. The summed E-state index contributed by atoms with van der Waals surface area (Å²) in [6.45, 7) is 4.07. The van der Waals surface area contributed by atoms with Crippen LogP contribution in [0.25, 0.3) is 0 Å². The number of halogens is 1. The predicted molar refractivity (Wildman–Crippen MR) is 57.3 cm³/mol. The topological polar surface area (TPSA) is 35.2 Å². The van der Waals surface area contributed by atoms with E-state index >= 15 is 0 Å². The summed E-state index contributed by atoms with van der Waals surface area (Å²) in [5.41, 5.74) is 6.69. The van der Waals surface area contributed by atoms with Gasteiger partial charge in [-0.25, -0.2) is 4.39 Å². The van der Waals surface area contributed by atoms with E-state index < -0.39 is 0 Å². The molecule has 15 heavy (non-hydrogen) atoms. The Balaban J connectivity index is 2.41. The van der Waals surface area contributed by atoms with Crippen LogP contribution in [0.4, 0.5) is 4.39 Å². The van der Waals surface area contributed by atoms with Crippen LogP contribution in [0.3, 0.4) is 0 Å². The smallest absolute Gasteiger partial charge is 0.127 e. The van der Waals surface area contributed by atoms with E-state index in [9.17, 15) is 4.39 Å². The third-order valence-corrected chi connectivity index (χ3v) is 3.13. The molecule has 0 aromatic heterocycles. The van der Waals surface area contributed by atoms with Crippen molar-refractivity contribution in [2.45, 2.75) is 38.3 Å². The van der Waals surface area contributed by atoms with Gasteiger partial charge < -0.3 is 10.5 Å². The summed E-state index contributed by atoms with van der Waals surface area (Å²) in [6, 6.07) is 4.50. The molecule has 1 aliphatic heterocycles. The summed E-state index contributed by atoms with van der Waals surface area (Å²) in [4.78, 5) is 0. The second-order valence-corrected chi connectivity index (χ2v) is 4.40. The zero-order valence-electron chi connectivity index (χ0n) is 9.09. The summed E-state index contributed by atoms with van der Waals surface area (Å²) in [5, 5.41) is 0. The van der Waals surface area contributed by atoms with E-state index in [1.165, 1.54) is 12.1 Å². The van der Waals surface area contributed by atoms with E-state index in [2.05, 4.69) is 6.92 Å². The summed E-state index contributed by atoms with van der Waals surface area (Å²) in [7, 11) is 0. The third kappa shape index (κ3) is 1.84. The van der Waals surface area contributed by atoms with Crippen LogP contribution >= 0.6 is 0 Å². The van der Waals surface area contributed by atoms with Crippen LogP contribution in [-0.2, 0) is 0 Å². The van der Waals surface area contributed by atoms with Gasteiger partial charge in [0.1, 0.15) is 17.2 Å². The van der Waals surface area contributed by atoms with E-state index in [-0.39, 0.29) is 17.5 Å². The molecule has 1 heterocycles. The Bertz CT molecular complexity index is 380. The molecule has 2 atom stereocenters. The molecule has 0 bridgehead atoms. The molecule has 0 aliphatic carbocycles. The van der Waals surface area contributed by atoms with Crippen molar-refractivity contribution in [2.24, 2.45) is 5.73 Å². The Morgan fingerprint density at radius 2 is 2.33 bits per heavy atom. The molecule has 1 aromatic carbocycles. The molecule has 0 saturated carbocycles. The first kappa shape index (κ1) is 10.4. The van der Waals surface area contributed by atoms with Gasteiger partial charge in [0.2, 0.25) is 0 Å². The van der Waals surface area contributed by atoms with Gasteiger partial charge in [0.15, 0.2) is 0 Å². The third-order valence-electron chi connectivity index (χ3n) is 3.13. The van der Waals surface area contributed by atoms with Gasteiger partial charge in [0, 0.05) is 24.1 Å². The highest BCUT2D eigenvalue weighted by Gasteiger charge is 2.34. The standard InChI is InChI=1S/C12H16FNO/c1-3-12(2)7-10(14)9-5-4-8(13)6-11(9)15-12/h4-6,10H,3,7,14H2,1-2H3/t10-,12?/m0/s1. The number of hydrogen-bond acceptors (Lipinski definition) is 2. The number of benzene rings is 1. The lowest BCUT2D eigenvalue weighted by molar-refractivity contribution is 0.0499. The number of fused-ring (bicyclic) bond motifs is 1. The lowest BCUT2D eigenvalue weighted by atomic mass is 9.87. The van der Waals surface area contributed by atoms with E-state index in [1.807, 2.05) is 6.92 Å².